The van der Waals surface area contributed by atoms with Gasteiger partial charge in [0.15, 0.2) is 0 Å². The van der Waals surface area contributed by atoms with Gasteiger partial charge in [0.1, 0.15) is 12.2 Å². The molecule has 1 aromatic carbocycles. The molecule has 0 aliphatic heterocycles. The van der Waals surface area contributed by atoms with Gasteiger partial charge in [-0.15, -0.1) is 0 Å². The molecule has 0 aliphatic rings. The number of hydrogen-bond donors (Lipinski definition) is 1. The summed E-state index contributed by atoms with van der Waals surface area (Å²) < 4.78 is 49.0. The Morgan fingerprint density at radius 3 is 2.50 bits per heavy atom. The zero-order chi connectivity index (χ0) is 12.3. The van der Waals surface area contributed by atoms with Gasteiger partial charge in [-0.25, -0.2) is 4.39 Å². The molecular formula is C9H6BrF4NO. The molecule has 0 fully saturated rings. The highest BCUT2D eigenvalue weighted by Crippen LogP contribution is 2.22. The normalized spacial score (nSPS) is 11.3. The summed E-state index contributed by atoms with van der Waals surface area (Å²) in [6.07, 6.45) is -6.24. The van der Waals surface area contributed by atoms with Gasteiger partial charge in [-0.1, -0.05) is 15.9 Å². The molecule has 0 saturated carbocycles. The number of amides is 1. The van der Waals surface area contributed by atoms with Crippen molar-refractivity contribution in [1.29, 1.82) is 0 Å². The van der Waals surface area contributed by atoms with Crippen molar-refractivity contribution in [1.82, 2.24) is 0 Å². The summed E-state index contributed by atoms with van der Waals surface area (Å²) in [5.41, 5.74) is -0.280. The van der Waals surface area contributed by atoms with Crippen LogP contribution in [0.1, 0.15) is 6.42 Å². The van der Waals surface area contributed by atoms with Crippen molar-refractivity contribution in [3.05, 3.63) is 28.5 Å². The van der Waals surface area contributed by atoms with Gasteiger partial charge >= 0.3 is 6.18 Å². The average Bonchev–Trinajstić information content (AvgIpc) is 2.06. The molecule has 0 atom stereocenters. The third-order valence-corrected chi connectivity index (χ3v) is 2.06. The molecule has 2 nitrogen and oxygen atoms in total. The number of nitrogens with one attached hydrogen (secondary N) is 1. The van der Waals surface area contributed by atoms with E-state index >= 15 is 0 Å². The van der Waals surface area contributed by atoms with Gasteiger partial charge in [0.2, 0.25) is 5.91 Å². The Morgan fingerprint density at radius 2 is 2.00 bits per heavy atom. The van der Waals surface area contributed by atoms with E-state index in [1.165, 1.54) is 12.1 Å². The van der Waals surface area contributed by atoms with E-state index in [9.17, 15) is 22.4 Å². The molecule has 0 aromatic heterocycles. The van der Waals surface area contributed by atoms with Gasteiger partial charge in [0, 0.05) is 4.47 Å². The molecule has 0 radical (unpaired) electrons. The number of anilines is 1. The molecule has 1 rings (SSSR count). The minimum Gasteiger partial charge on any atom is -0.323 e. The van der Waals surface area contributed by atoms with Crippen LogP contribution in [0.2, 0.25) is 0 Å². The lowest BCUT2D eigenvalue weighted by Gasteiger charge is -2.08. The van der Waals surface area contributed by atoms with Crippen molar-refractivity contribution in [2.45, 2.75) is 12.6 Å². The van der Waals surface area contributed by atoms with E-state index in [-0.39, 0.29) is 5.69 Å². The SMILES string of the molecule is O=C(CC(F)(F)F)Nc1ccc(Br)cc1F. The monoisotopic (exact) mass is 299 g/mol. The minimum atomic E-state index is -4.60. The third-order valence-electron chi connectivity index (χ3n) is 1.57. The standard InChI is InChI=1S/C9H6BrF4NO/c10-5-1-2-7(6(11)3-5)15-8(16)4-9(12,13)14/h1-3H,4H2,(H,15,16). The van der Waals surface area contributed by atoms with Crippen LogP contribution in [0.5, 0.6) is 0 Å². The van der Waals surface area contributed by atoms with Crippen molar-refractivity contribution >= 4 is 27.5 Å². The average molecular weight is 300 g/mol. The lowest BCUT2D eigenvalue weighted by molar-refractivity contribution is -0.150. The van der Waals surface area contributed by atoms with Crippen molar-refractivity contribution < 1.29 is 22.4 Å². The van der Waals surface area contributed by atoms with Gasteiger partial charge < -0.3 is 5.32 Å². The molecule has 1 aromatic rings. The predicted octanol–water partition coefficient (Wildman–Crippen LogP) is 3.48. The summed E-state index contributed by atoms with van der Waals surface area (Å²) in [5.74, 6) is -2.10. The zero-order valence-electron chi connectivity index (χ0n) is 7.74. The van der Waals surface area contributed by atoms with Crippen LogP contribution in [0.25, 0.3) is 0 Å². The largest absolute Gasteiger partial charge is 0.397 e. The highest BCUT2D eigenvalue weighted by atomic mass is 79.9. The first kappa shape index (κ1) is 13.0. The van der Waals surface area contributed by atoms with Crippen LogP contribution >= 0.6 is 15.9 Å². The second-order valence-electron chi connectivity index (χ2n) is 2.96. The summed E-state index contributed by atoms with van der Waals surface area (Å²) in [4.78, 5) is 10.9. The maximum Gasteiger partial charge on any atom is 0.397 e. The van der Waals surface area contributed by atoms with Crippen LogP contribution in [-0.2, 0) is 4.79 Å². The van der Waals surface area contributed by atoms with Crippen molar-refractivity contribution in [2.24, 2.45) is 0 Å². The Balaban J connectivity index is 2.70. The molecule has 16 heavy (non-hydrogen) atoms. The van der Waals surface area contributed by atoms with Crippen LogP contribution in [0.3, 0.4) is 0 Å². The van der Waals surface area contributed by atoms with Gasteiger partial charge in [-0.3, -0.25) is 4.79 Å². The smallest absolute Gasteiger partial charge is 0.323 e. The highest BCUT2D eigenvalue weighted by Gasteiger charge is 2.31. The zero-order valence-corrected chi connectivity index (χ0v) is 9.32. The van der Waals surface area contributed by atoms with E-state index in [1.54, 1.807) is 0 Å². The highest BCUT2D eigenvalue weighted by molar-refractivity contribution is 9.10. The fourth-order valence-electron chi connectivity index (χ4n) is 0.967. The fourth-order valence-corrected chi connectivity index (χ4v) is 1.30. The molecule has 1 N–H and O–H groups in total. The van der Waals surface area contributed by atoms with E-state index < -0.39 is 24.3 Å². The summed E-state index contributed by atoms with van der Waals surface area (Å²) in [6.45, 7) is 0. The summed E-state index contributed by atoms with van der Waals surface area (Å²) >= 11 is 2.98. The van der Waals surface area contributed by atoms with E-state index in [0.29, 0.717) is 4.47 Å². The fraction of sp³-hybridized carbons (Fsp3) is 0.222. The van der Waals surface area contributed by atoms with Gasteiger partial charge in [-0.2, -0.15) is 13.2 Å². The number of hydrogen-bond acceptors (Lipinski definition) is 1. The second kappa shape index (κ2) is 4.82. The molecule has 0 spiro atoms. The second-order valence-corrected chi connectivity index (χ2v) is 3.88. The Kier molecular flexibility index (Phi) is 3.90. The van der Waals surface area contributed by atoms with Crippen molar-refractivity contribution in [3.8, 4) is 0 Å². The summed E-state index contributed by atoms with van der Waals surface area (Å²) in [5, 5.41) is 1.84. The lowest BCUT2D eigenvalue weighted by atomic mass is 10.3. The third kappa shape index (κ3) is 4.18. The van der Waals surface area contributed by atoms with Crippen LogP contribution in [0.4, 0.5) is 23.2 Å². The van der Waals surface area contributed by atoms with E-state index in [0.717, 1.165) is 6.07 Å². The lowest BCUT2D eigenvalue weighted by Crippen LogP contribution is -2.21. The number of carbonyl (C=O) groups is 1. The predicted molar refractivity (Wildman–Crippen MR) is 53.4 cm³/mol. The Hall–Kier alpha value is -1.11. The quantitative estimate of drug-likeness (QED) is 0.832. The molecule has 1 amide bonds. The van der Waals surface area contributed by atoms with Crippen LogP contribution < -0.4 is 5.32 Å². The molecule has 0 saturated heterocycles. The molecular weight excluding hydrogens is 294 g/mol. The summed E-state index contributed by atoms with van der Waals surface area (Å²) in [6, 6.07) is 3.63. The van der Waals surface area contributed by atoms with Crippen LogP contribution in [-0.4, -0.2) is 12.1 Å². The van der Waals surface area contributed by atoms with E-state index in [2.05, 4.69) is 15.9 Å². The first-order chi connectivity index (χ1) is 7.28. The van der Waals surface area contributed by atoms with Crippen LogP contribution in [0, 0.1) is 5.82 Å². The summed E-state index contributed by atoms with van der Waals surface area (Å²) in [7, 11) is 0. The topological polar surface area (TPSA) is 29.1 Å². The van der Waals surface area contributed by atoms with Gasteiger partial charge in [-0.05, 0) is 18.2 Å². The van der Waals surface area contributed by atoms with E-state index in [4.69, 9.17) is 0 Å². The number of halogens is 5. The van der Waals surface area contributed by atoms with Crippen molar-refractivity contribution in [3.63, 3.8) is 0 Å². The molecule has 0 unspecified atom stereocenters. The Labute approximate surface area is 96.8 Å². The Bertz CT molecular complexity index is 405. The first-order valence-corrected chi connectivity index (χ1v) is 4.89. The molecule has 0 bridgehead atoms. The molecule has 0 heterocycles. The van der Waals surface area contributed by atoms with Gasteiger partial charge in [0.05, 0.1) is 5.69 Å². The maximum atomic E-state index is 13.1. The number of benzene rings is 1. The number of carbonyl (C=O) groups excluding carboxylic acids is 1. The number of rotatable bonds is 2. The van der Waals surface area contributed by atoms with Gasteiger partial charge in [0.25, 0.3) is 0 Å². The minimum absolute atomic E-state index is 0.280. The Morgan fingerprint density at radius 1 is 1.38 bits per heavy atom. The van der Waals surface area contributed by atoms with Crippen molar-refractivity contribution in [2.75, 3.05) is 5.32 Å². The first-order valence-electron chi connectivity index (χ1n) is 4.09. The van der Waals surface area contributed by atoms with E-state index in [1.807, 2.05) is 5.32 Å². The molecule has 88 valence electrons. The molecule has 7 heteroatoms. The maximum absolute atomic E-state index is 13.1. The molecule has 0 aliphatic carbocycles. The van der Waals surface area contributed by atoms with Crippen LogP contribution in [0.15, 0.2) is 22.7 Å². The number of alkyl halides is 3.